The fraction of sp³-hybridized carbons (Fsp3) is 0.636. The minimum atomic E-state index is -1.43. The average Bonchev–Trinajstić information content (AvgIpc) is 2.71. The molecule has 0 bridgehead atoms. The van der Waals surface area contributed by atoms with Crippen molar-refractivity contribution in [2.24, 2.45) is 0 Å². The van der Waals surface area contributed by atoms with Gasteiger partial charge >= 0.3 is 0 Å². The first-order valence-electron chi connectivity index (χ1n) is 5.49. The highest BCUT2D eigenvalue weighted by Crippen LogP contribution is 2.31. The standard InChI is InChI=1S/C11H16Cl2N2O2/c1-4-9-14(8(3)16)6-7-15(9)10(17)11(12,13)5-2/h4H,5-7H2,1-3H3/b9-4+. The van der Waals surface area contributed by atoms with Gasteiger partial charge < -0.3 is 0 Å². The molecule has 0 aliphatic carbocycles. The molecule has 1 fully saturated rings. The van der Waals surface area contributed by atoms with Crippen LogP contribution < -0.4 is 0 Å². The quantitative estimate of drug-likeness (QED) is 0.726. The molecule has 1 aliphatic heterocycles. The van der Waals surface area contributed by atoms with Crippen molar-refractivity contribution in [1.29, 1.82) is 0 Å². The number of carbonyl (C=O) groups is 2. The van der Waals surface area contributed by atoms with Crippen molar-refractivity contribution in [1.82, 2.24) is 9.80 Å². The topological polar surface area (TPSA) is 40.6 Å². The first kappa shape index (κ1) is 14.3. The predicted octanol–water partition coefficient (Wildman–Crippen LogP) is 2.12. The van der Waals surface area contributed by atoms with Gasteiger partial charge in [0.15, 0.2) is 4.33 Å². The largest absolute Gasteiger partial charge is 0.297 e. The van der Waals surface area contributed by atoms with Gasteiger partial charge in [0.2, 0.25) is 5.91 Å². The van der Waals surface area contributed by atoms with Crippen molar-refractivity contribution in [3.63, 3.8) is 0 Å². The van der Waals surface area contributed by atoms with E-state index >= 15 is 0 Å². The van der Waals surface area contributed by atoms with E-state index in [0.29, 0.717) is 25.3 Å². The van der Waals surface area contributed by atoms with E-state index in [4.69, 9.17) is 23.2 Å². The lowest BCUT2D eigenvalue weighted by Crippen LogP contribution is -2.40. The Bertz CT molecular complexity index is 366. The first-order chi connectivity index (χ1) is 7.85. The highest BCUT2D eigenvalue weighted by molar-refractivity contribution is 6.58. The molecule has 0 atom stereocenters. The normalized spacial score (nSPS) is 19.0. The summed E-state index contributed by atoms with van der Waals surface area (Å²) in [7, 11) is 0. The number of alkyl halides is 2. The highest BCUT2D eigenvalue weighted by Gasteiger charge is 2.41. The number of nitrogens with zero attached hydrogens (tertiary/aromatic N) is 2. The van der Waals surface area contributed by atoms with Gasteiger partial charge in [0, 0.05) is 20.0 Å². The number of hydrogen-bond donors (Lipinski definition) is 0. The van der Waals surface area contributed by atoms with Crippen LogP contribution in [-0.2, 0) is 9.59 Å². The van der Waals surface area contributed by atoms with Crippen LogP contribution in [0.1, 0.15) is 27.2 Å². The van der Waals surface area contributed by atoms with Gasteiger partial charge in [0.05, 0.1) is 0 Å². The van der Waals surface area contributed by atoms with E-state index in [0.717, 1.165) is 0 Å². The number of halogens is 2. The Kier molecular flexibility index (Phi) is 4.44. The summed E-state index contributed by atoms with van der Waals surface area (Å²) in [6.07, 6.45) is 2.04. The van der Waals surface area contributed by atoms with Crippen molar-refractivity contribution >= 4 is 35.0 Å². The molecule has 0 aromatic heterocycles. The molecule has 4 nitrogen and oxygen atoms in total. The Morgan fingerprint density at radius 1 is 1.35 bits per heavy atom. The first-order valence-corrected chi connectivity index (χ1v) is 6.25. The second kappa shape index (κ2) is 5.27. The van der Waals surface area contributed by atoms with E-state index in [1.165, 1.54) is 16.7 Å². The molecule has 17 heavy (non-hydrogen) atoms. The molecule has 6 heteroatoms. The second-order valence-electron chi connectivity index (χ2n) is 3.83. The van der Waals surface area contributed by atoms with Crippen LogP contribution in [0.15, 0.2) is 11.9 Å². The van der Waals surface area contributed by atoms with Crippen molar-refractivity contribution in [3.8, 4) is 0 Å². The van der Waals surface area contributed by atoms with Crippen LogP contribution in [0.4, 0.5) is 0 Å². The molecular formula is C11H16Cl2N2O2. The molecule has 0 saturated carbocycles. The maximum atomic E-state index is 12.1. The Hall–Kier alpha value is -0.740. The van der Waals surface area contributed by atoms with Crippen LogP contribution in [0.3, 0.4) is 0 Å². The second-order valence-corrected chi connectivity index (χ2v) is 5.32. The van der Waals surface area contributed by atoms with Gasteiger partial charge in [-0.25, -0.2) is 0 Å². The van der Waals surface area contributed by atoms with Crippen LogP contribution in [-0.4, -0.2) is 39.0 Å². The van der Waals surface area contributed by atoms with Gasteiger partial charge in [0.25, 0.3) is 5.91 Å². The molecular weight excluding hydrogens is 263 g/mol. The van der Waals surface area contributed by atoms with E-state index in [1.54, 1.807) is 19.9 Å². The maximum Gasteiger partial charge on any atom is 0.264 e. The molecule has 0 radical (unpaired) electrons. The van der Waals surface area contributed by atoms with Crippen LogP contribution in [0.25, 0.3) is 0 Å². The van der Waals surface area contributed by atoms with Gasteiger partial charge in [-0.05, 0) is 19.4 Å². The molecule has 2 amide bonds. The Balaban J connectivity index is 2.95. The maximum absolute atomic E-state index is 12.1. The summed E-state index contributed by atoms with van der Waals surface area (Å²) in [6.45, 7) is 5.89. The van der Waals surface area contributed by atoms with Gasteiger partial charge in [-0.2, -0.15) is 0 Å². The lowest BCUT2D eigenvalue weighted by atomic mass is 10.3. The van der Waals surface area contributed by atoms with Gasteiger partial charge in [-0.1, -0.05) is 30.1 Å². The summed E-state index contributed by atoms with van der Waals surface area (Å²) in [5.74, 6) is 0.0847. The minimum absolute atomic E-state index is 0.0976. The summed E-state index contributed by atoms with van der Waals surface area (Å²) in [6, 6.07) is 0. The predicted molar refractivity (Wildman–Crippen MR) is 67.6 cm³/mol. The summed E-state index contributed by atoms with van der Waals surface area (Å²) >= 11 is 11.9. The van der Waals surface area contributed by atoms with Crippen molar-refractivity contribution < 1.29 is 9.59 Å². The molecule has 1 aliphatic rings. The van der Waals surface area contributed by atoms with Crippen LogP contribution in [0.2, 0.25) is 0 Å². The number of amides is 2. The zero-order valence-electron chi connectivity index (χ0n) is 10.2. The summed E-state index contributed by atoms with van der Waals surface area (Å²) in [5.41, 5.74) is 0. The third kappa shape index (κ3) is 2.75. The molecule has 0 unspecified atom stereocenters. The zero-order valence-corrected chi connectivity index (χ0v) is 11.7. The summed E-state index contributed by atoms with van der Waals surface area (Å²) < 4.78 is -1.43. The zero-order chi connectivity index (χ0) is 13.2. The SMILES string of the molecule is C/C=C1\N(C(C)=O)CCN1C(=O)C(Cl)(Cl)CC. The van der Waals surface area contributed by atoms with Gasteiger partial charge in [-0.15, -0.1) is 0 Å². The van der Waals surface area contributed by atoms with E-state index in [2.05, 4.69) is 0 Å². The Morgan fingerprint density at radius 2 is 1.88 bits per heavy atom. The lowest BCUT2D eigenvalue weighted by Gasteiger charge is -2.26. The number of allylic oxidation sites excluding steroid dienone is 1. The molecule has 0 aromatic rings. The number of carbonyl (C=O) groups excluding carboxylic acids is 2. The Morgan fingerprint density at radius 3 is 2.29 bits per heavy atom. The third-order valence-corrected chi connectivity index (χ3v) is 3.60. The monoisotopic (exact) mass is 278 g/mol. The van der Waals surface area contributed by atoms with Gasteiger partial charge in [0.1, 0.15) is 5.82 Å². The van der Waals surface area contributed by atoms with Crippen LogP contribution in [0.5, 0.6) is 0 Å². The van der Waals surface area contributed by atoms with E-state index in [-0.39, 0.29) is 11.8 Å². The molecule has 0 spiro atoms. The molecule has 0 aromatic carbocycles. The number of hydrogen-bond acceptors (Lipinski definition) is 2. The van der Waals surface area contributed by atoms with Crippen molar-refractivity contribution in [2.75, 3.05) is 13.1 Å². The van der Waals surface area contributed by atoms with E-state index in [9.17, 15) is 9.59 Å². The molecule has 1 heterocycles. The molecule has 96 valence electrons. The summed E-state index contributed by atoms with van der Waals surface area (Å²) in [5, 5.41) is 0. The highest BCUT2D eigenvalue weighted by atomic mass is 35.5. The summed E-state index contributed by atoms with van der Waals surface area (Å²) in [4.78, 5) is 26.5. The smallest absolute Gasteiger partial charge is 0.264 e. The Labute approximate surface area is 111 Å². The minimum Gasteiger partial charge on any atom is -0.297 e. The molecule has 0 N–H and O–H groups in total. The lowest BCUT2D eigenvalue weighted by molar-refractivity contribution is -0.130. The van der Waals surface area contributed by atoms with Crippen molar-refractivity contribution in [3.05, 3.63) is 11.9 Å². The van der Waals surface area contributed by atoms with Crippen molar-refractivity contribution in [2.45, 2.75) is 31.5 Å². The molecule has 1 saturated heterocycles. The fourth-order valence-corrected chi connectivity index (χ4v) is 1.96. The van der Waals surface area contributed by atoms with Gasteiger partial charge in [-0.3, -0.25) is 19.4 Å². The van der Waals surface area contributed by atoms with Crippen LogP contribution >= 0.6 is 23.2 Å². The van der Waals surface area contributed by atoms with Crippen LogP contribution in [0, 0.1) is 0 Å². The van der Waals surface area contributed by atoms with E-state index < -0.39 is 4.33 Å². The fourth-order valence-electron chi connectivity index (χ4n) is 1.76. The molecule has 1 rings (SSSR count). The van der Waals surface area contributed by atoms with E-state index in [1.807, 2.05) is 0 Å². The third-order valence-electron chi connectivity index (χ3n) is 2.74. The average molecular weight is 279 g/mol. The number of rotatable bonds is 2.